The Morgan fingerprint density at radius 3 is 2.33 bits per heavy atom. The molecule has 1 aromatic heterocycles. The summed E-state index contributed by atoms with van der Waals surface area (Å²) in [4.78, 5) is 25.0. The maximum atomic E-state index is 12.7. The third-order valence-electron chi connectivity index (χ3n) is 4.59. The molecule has 10 heteroatoms. The fourth-order valence-corrected chi connectivity index (χ4v) is 3.27. The molecule has 1 atom stereocenters. The van der Waals surface area contributed by atoms with Crippen molar-refractivity contribution in [3.8, 4) is 5.69 Å². The lowest BCUT2D eigenvalue weighted by molar-refractivity contribution is -0.384. The number of hydrogen-bond acceptors (Lipinski definition) is 6. The zero-order valence-electron chi connectivity index (χ0n) is 16.3. The Morgan fingerprint density at radius 1 is 1.13 bits per heavy atom. The van der Waals surface area contributed by atoms with Crippen LogP contribution in [0.2, 0.25) is 10.0 Å². The van der Waals surface area contributed by atoms with Gasteiger partial charge in [0.2, 0.25) is 0 Å². The second-order valence-corrected chi connectivity index (χ2v) is 7.59. The van der Waals surface area contributed by atoms with Crippen LogP contribution in [0.3, 0.4) is 0 Å². The normalized spacial score (nSPS) is 12.0. The molecule has 1 unspecified atom stereocenters. The Morgan fingerprint density at radius 2 is 1.77 bits per heavy atom. The van der Waals surface area contributed by atoms with Gasteiger partial charge < -0.3 is 10.2 Å². The molecule has 2 aromatic carbocycles. The molecule has 3 aromatic rings. The van der Waals surface area contributed by atoms with E-state index in [2.05, 4.69) is 10.4 Å². The topological polar surface area (TPSA) is 93.3 Å². The predicted octanol–water partition coefficient (Wildman–Crippen LogP) is 4.16. The van der Waals surface area contributed by atoms with E-state index in [-0.39, 0.29) is 16.8 Å². The first-order valence-electron chi connectivity index (χ1n) is 8.96. The minimum atomic E-state index is -0.525. The molecule has 0 aliphatic carbocycles. The first-order chi connectivity index (χ1) is 14.3. The van der Waals surface area contributed by atoms with E-state index >= 15 is 0 Å². The quantitative estimate of drug-likeness (QED) is 0.431. The predicted molar refractivity (Wildman–Crippen MR) is 118 cm³/mol. The van der Waals surface area contributed by atoms with E-state index in [1.54, 1.807) is 0 Å². The number of benzene rings is 2. The molecular formula is C20H19Cl2N5O3. The molecule has 0 radical (unpaired) electrons. The number of nitro groups is 1. The lowest BCUT2D eigenvalue weighted by atomic mass is 10.1. The second-order valence-electron chi connectivity index (χ2n) is 6.77. The van der Waals surface area contributed by atoms with Gasteiger partial charge in [0.05, 0.1) is 28.5 Å². The molecule has 1 N–H and O–H groups in total. The van der Waals surface area contributed by atoms with Crippen LogP contribution in [0.1, 0.15) is 11.6 Å². The number of halogens is 2. The number of anilines is 1. The lowest BCUT2D eigenvalue weighted by Gasteiger charge is -2.25. The van der Waals surface area contributed by atoms with Crippen LogP contribution in [0, 0.1) is 10.1 Å². The van der Waals surface area contributed by atoms with Crippen LogP contribution in [0.4, 0.5) is 11.4 Å². The third-order valence-corrected chi connectivity index (χ3v) is 5.21. The fraction of sp³-hybridized carbons (Fsp3) is 0.200. The van der Waals surface area contributed by atoms with Crippen molar-refractivity contribution in [2.45, 2.75) is 6.04 Å². The van der Waals surface area contributed by atoms with Gasteiger partial charge in [-0.05, 0) is 43.9 Å². The first kappa shape index (κ1) is 21.8. The largest absolute Gasteiger partial charge is 0.380 e. The first-order valence-corrected chi connectivity index (χ1v) is 9.72. The zero-order chi connectivity index (χ0) is 21.8. The molecular weight excluding hydrogens is 429 g/mol. The highest BCUT2D eigenvalue weighted by molar-refractivity contribution is 6.33. The summed E-state index contributed by atoms with van der Waals surface area (Å²) in [6, 6.07) is 13.0. The summed E-state index contributed by atoms with van der Waals surface area (Å²) in [7, 11) is 3.90. The van der Waals surface area contributed by atoms with Gasteiger partial charge in [0, 0.05) is 23.7 Å². The molecule has 156 valence electrons. The molecule has 3 rings (SSSR count). The minimum Gasteiger partial charge on any atom is -0.380 e. The van der Waals surface area contributed by atoms with E-state index < -0.39 is 10.5 Å². The van der Waals surface area contributed by atoms with E-state index in [0.717, 1.165) is 10.2 Å². The van der Waals surface area contributed by atoms with Crippen molar-refractivity contribution in [1.29, 1.82) is 0 Å². The van der Waals surface area contributed by atoms with Gasteiger partial charge in [-0.2, -0.15) is 9.78 Å². The SMILES string of the molecule is CN(C)C(CNc1cnn(-c2ccc([N+](=O)[O-])cc2)c(=O)c1Cl)c1ccc(Cl)cc1. The van der Waals surface area contributed by atoms with E-state index in [0.29, 0.717) is 22.9 Å². The highest BCUT2D eigenvalue weighted by Gasteiger charge is 2.17. The van der Waals surface area contributed by atoms with Crippen LogP contribution in [0.5, 0.6) is 0 Å². The summed E-state index contributed by atoms with van der Waals surface area (Å²) in [6.07, 6.45) is 1.46. The zero-order valence-corrected chi connectivity index (χ0v) is 17.8. The summed E-state index contributed by atoms with van der Waals surface area (Å²) >= 11 is 12.3. The average Bonchev–Trinajstić information content (AvgIpc) is 2.72. The molecule has 1 heterocycles. The Kier molecular flexibility index (Phi) is 6.71. The number of hydrogen-bond donors (Lipinski definition) is 1. The maximum absolute atomic E-state index is 12.7. The van der Waals surface area contributed by atoms with E-state index in [9.17, 15) is 14.9 Å². The summed E-state index contributed by atoms with van der Waals surface area (Å²) in [5.41, 5.74) is 1.24. The number of rotatable bonds is 7. The van der Waals surface area contributed by atoms with Crippen LogP contribution in [-0.2, 0) is 0 Å². The molecule has 0 spiro atoms. The van der Waals surface area contributed by atoms with Gasteiger partial charge in [-0.1, -0.05) is 35.3 Å². The number of nitro benzene ring substituents is 1. The molecule has 30 heavy (non-hydrogen) atoms. The molecule has 0 bridgehead atoms. The molecule has 0 saturated heterocycles. The van der Waals surface area contributed by atoms with E-state index in [4.69, 9.17) is 23.2 Å². The van der Waals surface area contributed by atoms with Crippen molar-refractivity contribution in [2.24, 2.45) is 0 Å². The molecule has 0 saturated carbocycles. The van der Waals surface area contributed by atoms with Crippen LogP contribution >= 0.6 is 23.2 Å². The fourth-order valence-electron chi connectivity index (χ4n) is 2.95. The van der Waals surface area contributed by atoms with Crippen LogP contribution in [-0.4, -0.2) is 40.2 Å². The van der Waals surface area contributed by atoms with Crippen molar-refractivity contribution in [3.05, 3.63) is 90.8 Å². The number of nitrogens with one attached hydrogen (secondary N) is 1. The Labute approximate surface area is 182 Å². The summed E-state index contributed by atoms with van der Waals surface area (Å²) in [5.74, 6) is 0. The monoisotopic (exact) mass is 447 g/mol. The van der Waals surface area contributed by atoms with Crippen molar-refractivity contribution in [2.75, 3.05) is 26.0 Å². The molecule has 0 aliphatic heterocycles. The van der Waals surface area contributed by atoms with Crippen LogP contribution < -0.4 is 10.9 Å². The molecule has 8 nitrogen and oxygen atoms in total. The Hall–Kier alpha value is -2.94. The van der Waals surface area contributed by atoms with E-state index in [1.165, 1.54) is 30.5 Å². The van der Waals surface area contributed by atoms with Crippen LogP contribution in [0.15, 0.2) is 59.5 Å². The number of aromatic nitrogens is 2. The van der Waals surface area contributed by atoms with Crippen molar-refractivity contribution in [3.63, 3.8) is 0 Å². The van der Waals surface area contributed by atoms with Gasteiger partial charge in [-0.3, -0.25) is 14.9 Å². The van der Waals surface area contributed by atoms with Crippen LogP contribution in [0.25, 0.3) is 5.69 Å². The highest BCUT2D eigenvalue weighted by Crippen LogP contribution is 2.23. The smallest absolute Gasteiger partial charge is 0.292 e. The minimum absolute atomic E-state index is 0.00966. The van der Waals surface area contributed by atoms with Gasteiger partial charge in [0.1, 0.15) is 5.02 Å². The Bertz CT molecular complexity index is 1100. The van der Waals surface area contributed by atoms with Crippen molar-refractivity contribution >= 4 is 34.6 Å². The average molecular weight is 448 g/mol. The molecule has 0 fully saturated rings. The van der Waals surface area contributed by atoms with E-state index in [1.807, 2.05) is 43.3 Å². The molecule has 0 aliphatic rings. The standard InChI is InChI=1S/C20H19Cl2N5O3/c1-25(2)18(13-3-5-14(21)6-4-13)12-23-17-11-24-26(20(28)19(17)22)15-7-9-16(10-8-15)27(29)30/h3-11,18,23H,12H2,1-2H3. The summed E-state index contributed by atoms with van der Waals surface area (Å²) < 4.78 is 1.10. The summed E-state index contributed by atoms with van der Waals surface area (Å²) in [6.45, 7) is 0.483. The maximum Gasteiger partial charge on any atom is 0.292 e. The second kappa shape index (κ2) is 9.25. The van der Waals surface area contributed by atoms with Gasteiger partial charge in [0.15, 0.2) is 0 Å². The van der Waals surface area contributed by atoms with Gasteiger partial charge in [-0.25, -0.2) is 0 Å². The highest BCUT2D eigenvalue weighted by atomic mass is 35.5. The van der Waals surface area contributed by atoms with Crippen molar-refractivity contribution < 1.29 is 4.92 Å². The number of non-ortho nitro benzene ring substituents is 1. The Balaban J connectivity index is 1.82. The lowest BCUT2D eigenvalue weighted by Crippen LogP contribution is -2.28. The molecule has 0 amide bonds. The third kappa shape index (κ3) is 4.79. The van der Waals surface area contributed by atoms with Crippen molar-refractivity contribution in [1.82, 2.24) is 14.7 Å². The van der Waals surface area contributed by atoms with Gasteiger partial charge >= 0.3 is 0 Å². The summed E-state index contributed by atoms with van der Waals surface area (Å²) in [5, 5.41) is 18.8. The number of likely N-dealkylation sites (N-methyl/N-ethyl adjacent to an activating group) is 1. The van der Waals surface area contributed by atoms with Gasteiger partial charge in [-0.15, -0.1) is 0 Å². The van der Waals surface area contributed by atoms with Gasteiger partial charge in [0.25, 0.3) is 11.2 Å². The number of nitrogens with zero attached hydrogens (tertiary/aromatic N) is 4.